The number of urea groups is 1. The number of aliphatic carboxylic acids is 1. The molecule has 0 aliphatic carbocycles. The first-order valence-corrected chi connectivity index (χ1v) is 11.5. The van der Waals surface area contributed by atoms with Crippen LogP contribution in [0.3, 0.4) is 0 Å². The molecule has 0 aromatic rings. The lowest BCUT2D eigenvalue weighted by molar-refractivity contribution is -0.138. The summed E-state index contributed by atoms with van der Waals surface area (Å²) in [5.74, 6) is 0.108. The number of carboxylic acids is 1. The zero-order valence-electron chi connectivity index (χ0n) is 17.2. The summed E-state index contributed by atoms with van der Waals surface area (Å²) in [7, 11) is 0. The largest absolute Gasteiger partial charge is 0.481 e. The van der Waals surface area contributed by atoms with Crippen LogP contribution in [0.5, 0.6) is 0 Å². The zero-order valence-corrected chi connectivity index (χ0v) is 18.0. The number of thioether (sulfide) groups is 1. The number of hydrogen-bond acceptors (Lipinski definition) is 7. The van der Waals surface area contributed by atoms with Gasteiger partial charge in [0.05, 0.1) is 58.1 Å². The molecule has 3 atom stereocenters. The number of rotatable bonds is 17. The lowest BCUT2D eigenvalue weighted by Crippen LogP contribution is -2.36. The second kappa shape index (κ2) is 14.4. The number of carbonyl (C=O) groups excluding carboxylic acids is 2. The molecule has 0 aromatic carbocycles. The van der Waals surface area contributed by atoms with Crippen molar-refractivity contribution < 1.29 is 33.7 Å². The number of nitrogens with one attached hydrogen (secondary N) is 3. The second-order valence-electron chi connectivity index (χ2n) is 7.20. The van der Waals surface area contributed by atoms with E-state index in [9.17, 15) is 14.4 Å². The maximum Gasteiger partial charge on any atom is 0.315 e. The van der Waals surface area contributed by atoms with E-state index in [4.69, 9.17) is 19.3 Å². The van der Waals surface area contributed by atoms with Crippen LogP contribution in [-0.4, -0.2) is 92.3 Å². The average molecular weight is 448 g/mol. The van der Waals surface area contributed by atoms with E-state index in [1.54, 1.807) is 0 Å². The van der Waals surface area contributed by atoms with Crippen LogP contribution in [-0.2, 0) is 23.8 Å². The van der Waals surface area contributed by atoms with Gasteiger partial charge in [0.2, 0.25) is 5.91 Å². The molecule has 11 heteroatoms. The number of unbranched alkanes of at least 4 members (excludes halogenated alkanes) is 1. The molecule has 0 saturated carbocycles. The van der Waals surface area contributed by atoms with Crippen LogP contribution in [0, 0.1) is 0 Å². The fraction of sp³-hybridized carbons (Fsp3) is 0.842. The summed E-state index contributed by atoms with van der Waals surface area (Å²) in [5, 5.41) is 17.6. The van der Waals surface area contributed by atoms with E-state index in [2.05, 4.69) is 16.0 Å². The van der Waals surface area contributed by atoms with Gasteiger partial charge in [-0.1, -0.05) is 6.42 Å². The van der Waals surface area contributed by atoms with Gasteiger partial charge >= 0.3 is 12.0 Å². The van der Waals surface area contributed by atoms with Crippen molar-refractivity contribution in [2.75, 3.05) is 51.9 Å². The molecule has 0 aromatic heterocycles. The van der Waals surface area contributed by atoms with Crippen LogP contribution in [0.2, 0.25) is 0 Å². The molecule has 30 heavy (non-hydrogen) atoms. The number of hydrogen-bond donors (Lipinski definition) is 4. The van der Waals surface area contributed by atoms with E-state index in [1.807, 2.05) is 11.8 Å². The van der Waals surface area contributed by atoms with E-state index in [0.717, 1.165) is 25.0 Å². The van der Waals surface area contributed by atoms with Gasteiger partial charge < -0.3 is 35.3 Å². The highest BCUT2D eigenvalue weighted by molar-refractivity contribution is 8.00. The minimum atomic E-state index is -0.879. The minimum Gasteiger partial charge on any atom is -0.481 e. The van der Waals surface area contributed by atoms with Crippen LogP contribution in [0.15, 0.2) is 0 Å². The van der Waals surface area contributed by atoms with Crippen molar-refractivity contribution in [3.05, 3.63) is 0 Å². The summed E-state index contributed by atoms with van der Waals surface area (Å²) in [4.78, 5) is 33.5. The summed E-state index contributed by atoms with van der Waals surface area (Å²) >= 11 is 1.89. The minimum absolute atomic E-state index is 0.00728. The Bertz CT molecular complexity index is 552. The lowest BCUT2D eigenvalue weighted by atomic mass is 10.0. The van der Waals surface area contributed by atoms with Gasteiger partial charge in [-0.3, -0.25) is 9.59 Å². The van der Waals surface area contributed by atoms with E-state index >= 15 is 0 Å². The Morgan fingerprint density at radius 1 is 1.00 bits per heavy atom. The molecule has 2 fully saturated rings. The van der Waals surface area contributed by atoms with Crippen LogP contribution < -0.4 is 16.0 Å². The van der Waals surface area contributed by atoms with E-state index in [0.29, 0.717) is 51.2 Å². The summed E-state index contributed by atoms with van der Waals surface area (Å²) in [6.07, 6.45) is 3.31. The van der Waals surface area contributed by atoms with Gasteiger partial charge in [-0.15, -0.1) is 0 Å². The highest BCUT2D eigenvalue weighted by Gasteiger charge is 2.42. The molecular formula is C19H33N3O7S. The van der Waals surface area contributed by atoms with Crippen LogP contribution in [0.25, 0.3) is 0 Å². The summed E-state index contributed by atoms with van der Waals surface area (Å²) in [6.45, 7) is 2.69. The van der Waals surface area contributed by atoms with Gasteiger partial charge in [-0.05, 0) is 12.8 Å². The Balaban J connectivity index is 1.32. The molecule has 2 aliphatic heterocycles. The number of fused-ring (bicyclic) bond motifs is 1. The van der Waals surface area contributed by atoms with Crippen LogP contribution >= 0.6 is 11.8 Å². The van der Waals surface area contributed by atoms with E-state index in [1.165, 1.54) is 0 Å². The number of carbonyl (C=O) groups is 3. The number of ether oxygens (including phenoxy) is 3. The van der Waals surface area contributed by atoms with Gasteiger partial charge in [0.25, 0.3) is 0 Å². The molecule has 172 valence electrons. The molecule has 10 nitrogen and oxygen atoms in total. The Hall–Kier alpha value is -1.56. The van der Waals surface area contributed by atoms with Crippen LogP contribution in [0.1, 0.15) is 32.1 Å². The normalized spacial score (nSPS) is 22.4. The van der Waals surface area contributed by atoms with E-state index in [-0.39, 0.29) is 37.0 Å². The Morgan fingerprint density at radius 2 is 1.70 bits per heavy atom. The van der Waals surface area contributed by atoms with Gasteiger partial charge in [0, 0.05) is 24.0 Å². The molecular weight excluding hydrogens is 414 g/mol. The predicted molar refractivity (Wildman–Crippen MR) is 112 cm³/mol. The van der Waals surface area contributed by atoms with Crippen molar-refractivity contribution in [3.8, 4) is 0 Å². The van der Waals surface area contributed by atoms with Crippen molar-refractivity contribution in [2.24, 2.45) is 0 Å². The quantitative estimate of drug-likeness (QED) is 0.185. The summed E-state index contributed by atoms with van der Waals surface area (Å²) in [6, 6.07) is 0.408. The van der Waals surface area contributed by atoms with E-state index < -0.39 is 5.97 Å². The fourth-order valence-electron chi connectivity index (χ4n) is 3.33. The number of amides is 3. The Kier molecular flexibility index (Phi) is 11.9. The Labute approximate surface area is 181 Å². The smallest absolute Gasteiger partial charge is 0.315 e. The van der Waals surface area contributed by atoms with Crippen LogP contribution in [0.4, 0.5) is 4.79 Å². The average Bonchev–Trinajstić information content (AvgIpc) is 3.25. The Morgan fingerprint density at radius 3 is 2.43 bits per heavy atom. The summed E-state index contributed by atoms with van der Waals surface area (Å²) < 4.78 is 15.8. The van der Waals surface area contributed by atoms with Gasteiger partial charge in [0.1, 0.15) is 0 Å². The first-order valence-electron chi connectivity index (χ1n) is 10.5. The standard InChI is InChI=1S/C19H33N3O7S/c23-16(4-2-1-3-15-18-14(13-30-15)21-19(26)22-18)20-6-8-28-10-12-29-11-9-27-7-5-17(24)25/h14-15,18H,1-13H2,(H,20,23)(H,24,25)(H2,21,22,26)/t14-,15+,18-/m1/s1. The molecule has 4 N–H and O–H groups in total. The molecule has 0 bridgehead atoms. The molecule has 2 heterocycles. The van der Waals surface area contributed by atoms with Gasteiger partial charge in [-0.2, -0.15) is 11.8 Å². The first kappa shape index (κ1) is 24.7. The molecule has 0 radical (unpaired) electrons. The highest BCUT2D eigenvalue weighted by Crippen LogP contribution is 2.33. The van der Waals surface area contributed by atoms with Gasteiger partial charge in [-0.25, -0.2) is 4.79 Å². The third kappa shape index (κ3) is 9.96. The van der Waals surface area contributed by atoms with Crippen molar-refractivity contribution >= 4 is 29.7 Å². The van der Waals surface area contributed by atoms with Crippen molar-refractivity contribution in [3.63, 3.8) is 0 Å². The lowest BCUT2D eigenvalue weighted by Gasteiger charge is -2.16. The maximum absolute atomic E-state index is 11.9. The molecule has 2 aliphatic rings. The molecule has 0 unspecified atom stereocenters. The third-order valence-corrected chi connectivity index (χ3v) is 6.36. The molecule has 0 spiro atoms. The second-order valence-corrected chi connectivity index (χ2v) is 8.47. The van der Waals surface area contributed by atoms with Crippen molar-refractivity contribution in [1.29, 1.82) is 0 Å². The van der Waals surface area contributed by atoms with Crippen molar-refractivity contribution in [1.82, 2.24) is 16.0 Å². The van der Waals surface area contributed by atoms with Crippen molar-refractivity contribution in [2.45, 2.75) is 49.4 Å². The fourth-order valence-corrected chi connectivity index (χ4v) is 4.87. The third-order valence-electron chi connectivity index (χ3n) is 4.85. The van der Waals surface area contributed by atoms with Gasteiger partial charge in [0.15, 0.2) is 0 Å². The SMILES string of the molecule is O=C(O)CCOCCOCCOCCNC(=O)CCCC[C@@H]1SC[C@H]2NC(=O)N[C@@H]12. The first-order chi connectivity index (χ1) is 14.6. The molecule has 2 rings (SSSR count). The maximum atomic E-state index is 11.9. The molecule has 2 saturated heterocycles. The number of carboxylic acid groups (broad SMARTS) is 1. The predicted octanol–water partition coefficient (Wildman–Crippen LogP) is 0.353. The highest BCUT2D eigenvalue weighted by atomic mass is 32.2. The monoisotopic (exact) mass is 447 g/mol. The topological polar surface area (TPSA) is 135 Å². The zero-order chi connectivity index (χ0) is 21.6. The summed E-state index contributed by atoms with van der Waals surface area (Å²) in [5.41, 5.74) is 0. The molecule has 3 amide bonds.